The molecule has 0 spiro atoms. The number of hydrogen-bond donors (Lipinski definition) is 1. The van der Waals surface area contributed by atoms with Gasteiger partial charge in [0.1, 0.15) is 5.82 Å². The van der Waals surface area contributed by atoms with Crippen LogP contribution in [0.5, 0.6) is 0 Å². The van der Waals surface area contributed by atoms with Crippen molar-refractivity contribution in [2.45, 2.75) is 52.0 Å². The van der Waals surface area contributed by atoms with Crippen molar-refractivity contribution >= 4 is 5.82 Å². The Kier molecular flexibility index (Phi) is 6.31. The van der Waals surface area contributed by atoms with Gasteiger partial charge in [-0.2, -0.15) is 0 Å². The Labute approximate surface area is 123 Å². The summed E-state index contributed by atoms with van der Waals surface area (Å²) in [4.78, 5) is 6.84. The maximum Gasteiger partial charge on any atom is 0.126 e. The number of aromatic nitrogens is 1. The molecular weight excluding hydrogens is 246 g/mol. The number of pyridine rings is 1. The largest absolute Gasteiger partial charge is 0.370 e. The average molecular weight is 275 g/mol. The SMILES string of the molecule is CCCNc1cc(CN(C)CC2CCCCC2)ccn1. The van der Waals surface area contributed by atoms with Crippen molar-refractivity contribution < 1.29 is 0 Å². The van der Waals surface area contributed by atoms with Crippen LogP contribution in [0.1, 0.15) is 51.0 Å². The molecule has 0 radical (unpaired) electrons. The summed E-state index contributed by atoms with van der Waals surface area (Å²) < 4.78 is 0. The lowest BCUT2D eigenvalue weighted by atomic mass is 9.89. The van der Waals surface area contributed by atoms with Crippen molar-refractivity contribution in [1.82, 2.24) is 9.88 Å². The van der Waals surface area contributed by atoms with E-state index in [0.717, 1.165) is 31.2 Å². The predicted molar refractivity (Wildman–Crippen MR) is 85.9 cm³/mol. The lowest BCUT2D eigenvalue weighted by molar-refractivity contribution is 0.228. The number of rotatable bonds is 7. The van der Waals surface area contributed by atoms with E-state index in [1.807, 2.05) is 6.20 Å². The standard InChI is InChI=1S/C17H29N3/c1-3-10-18-17-12-16(9-11-19-17)14-20(2)13-15-7-5-4-6-8-15/h9,11-12,15H,3-8,10,13-14H2,1-2H3,(H,18,19). The van der Waals surface area contributed by atoms with Gasteiger partial charge in [0.05, 0.1) is 0 Å². The van der Waals surface area contributed by atoms with Gasteiger partial charge in [0.2, 0.25) is 0 Å². The summed E-state index contributed by atoms with van der Waals surface area (Å²) in [5.41, 5.74) is 1.36. The molecule has 0 unspecified atom stereocenters. The molecule has 0 atom stereocenters. The summed E-state index contributed by atoms with van der Waals surface area (Å²) in [6.07, 6.45) is 10.2. The van der Waals surface area contributed by atoms with Crippen molar-refractivity contribution in [3.05, 3.63) is 23.9 Å². The Morgan fingerprint density at radius 1 is 1.30 bits per heavy atom. The van der Waals surface area contributed by atoms with E-state index in [1.54, 1.807) is 0 Å². The maximum absolute atomic E-state index is 4.37. The monoisotopic (exact) mass is 275 g/mol. The highest BCUT2D eigenvalue weighted by Crippen LogP contribution is 2.24. The van der Waals surface area contributed by atoms with Gasteiger partial charge in [-0.3, -0.25) is 0 Å². The van der Waals surface area contributed by atoms with Gasteiger partial charge in [-0.15, -0.1) is 0 Å². The summed E-state index contributed by atoms with van der Waals surface area (Å²) in [5.74, 6) is 1.92. The van der Waals surface area contributed by atoms with Crippen LogP contribution in [0.4, 0.5) is 5.82 Å². The first-order valence-electron chi connectivity index (χ1n) is 8.15. The van der Waals surface area contributed by atoms with Gasteiger partial charge in [-0.05, 0) is 49.9 Å². The van der Waals surface area contributed by atoms with Crippen molar-refractivity contribution in [3.63, 3.8) is 0 Å². The number of hydrogen-bond acceptors (Lipinski definition) is 3. The van der Waals surface area contributed by atoms with Gasteiger partial charge < -0.3 is 10.2 Å². The quantitative estimate of drug-likeness (QED) is 0.817. The normalized spacial score (nSPS) is 16.6. The lowest BCUT2D eigenvalue weighted by Gasteiger charge is -2.27. The van der Waals surface area contributed by atoms with Crippen LogP contribution in [-0.2, 0) is 6.54 Å². The molecule has 1 fully saturated rings. The molecular formula is C17H29N3. The number of anilines is 1. The number of nitrogens with zero attached hydrogens (tertiary/aromatic N) is 2. The van der Waals surface area contributed by atoms with Crippen LogP contribution >= 0.6 is 0 Å². The summed E-state index contributed by atoms with van der Waals surface area (Å²) in [5, 5.41) is 3.36. The predicted octanol–water partition coefficient (Wildman–Crippen LogP) is 3.92. The molecule has 112 valence electrons. The van der Waals surface area contributed by atoms with E-state index in [4.69, 9.17) is 0 Å². The highest BCUT2D eigenvalue weighted by molar-refractivity contribution is 5.37. The van der Waals surface area contributed by atoms with Gasteiger partial charge in [-0.25, -0.2) is 4.98 Å². The van der Waals surface area contributed by atoms with Crippen LogP contribution in [-0.4, -0.2) is 30.0 Å². The van der Waals surface area contributed by atoms with Crippen LogP contribution in [0.25, 0.3) is 0 Å². The second kappa shape index (κ2) is 8.25. The topological polar surface area (TPSA) is 28.2 Å². The first-order valence-corrected chi connectivity index (χ1v) is 8.15. The molecule has 3 nitrogen and oxygen atoms in total. The molecule has 1 aliphatic rings. The molecule has 1 N–H and O–H groups in total. The third-order valence-corrected chi connectivity index (χ3v) is 4.13. The molecule has 2 rings (SSSR count). The first kappa shape index (κ1) is 15.3. The van der Waals surface area contributed by atoms with E-state index in [2.05, 4.69) is 41.3 Å². The molecule has 1 heterocycles. The van der Waals surface area contributed by atoms with Crippen LogP contribution in [0.2, 0.25) is 0 Å². The van der Waals surface area contributed by atoms with E-state index >= 15 is 0 Å². The van der Waals surface area contributed by atoms with E-state index < -0.39 is 0 Å². The zero-order valence-corrected chi connectivity index (χ0v) is 13.1. The Morgan fingerprint density at radius 3 is 2.85 bits per heavy atom. The Hall–Kier alpha value is -1.09. The summed E-state index contributed by atoms with van der Waals surface area (Å²) in [6, 6.07) is 4.32. The molecule has 0 bridgehead atoms. The fourth-order valence-electron chi connectivity index (χ4n) is 3.11. The molecule has 0 saturated heterocycles. The minimum Gasteiger partial charge on any atom is -0.370 e. The van der Waals surface area contributed by atoms with Crippen LogP contribution in [0, 0.1) is 5.92 Å². The van der Waals surface area contributed by atoms with Crippen LogP contribution in [0.15, 0.2) is 18.3 Å². The Bertz CT molecular complexity index is 386. The molecule has 0 aromatic carbocycles. The average Bonchev–Trinajstić information content (AvgIpc) is 2.46. The molecule has 3 heteroatoms. The second-order valence-corrected chi connectivity index (χ2v) is 6.18. The maximum atomic E-state index is 4.37. The third-order valence-electron chi connectivity index (χ3n) is 4.13. The van der Waals surface area contributed by atoms with Gasteiger partial charge in [-0.1, -0.05) is 26.2 Å². The second-order valence-electron chi connectivity index (χ2n) is 6.18. The van der Waals surface area contributed by atoms with Gasteiger partial charge in [0.15, 0.2) is 0 Å². The van der Waals surface area contributed by atoms with E-state index in [-0.39, 0.29) is 0 Å². The first-order chi connectivity index (χ1) is 9.78. The van der Waals surface area contributed by atoms with Gasteiger partial charge in [0.25, 0.3) is 0 Å². The Morgan fingerprint density at radius 2 is 2.10 bits per heavy atom. The smallest absolute Gasteiger partial charge is 0.126 e. The van der Waals surface area contributed by atoms with Gasteiger partial charge >= 0.3 is 0 Å². The van der Waals surface area contributed by atoms with Crippen molar-refractivity contribution in [2.75, 3.05) is 25.5 Å². The number of nitrogens with one attached hydrogen (secondary N) is 1. The Balaban J connectivity index is 1.81. The van der Waals surface area contributed by atoms with E-state index in [0.29, 0.717) is 0 Å². The molecule has 1 saturated carbocycles. The highest BCUT2D eigenvalue weighted by atomic mass is 15.1. The molecule has 1 aliphatic carbocycles. The minimum absolute atomic E-state index is 0.910. The molecule has 20 heavy (non-hydrogen) atoms. The third kappa shape index (κ3) is 5.12. The van der Waals surface area contributed by atoms with Crippen molar-refractivity contribution in [1.29, 1.82) is 0 Å². The van der Waals surface area contributed by atoms with Gasteiger partial charge in [0, 0.05) is 25.8 Å². The van der Waals surface area contributed by atoms with Crippen molar-refractivity contribution in [2.24, 2.45) is 5.92 Å². The van der Waals surface area contributed by atoms with Crippen LogP contribution < -0.4 is 5.32 Å². The van der Waals surface area contributed by atoms with Crippen molar-refractivity contribution in [3.8, 4) is 0 Å². The summed E-state index contributed by atoms with van der Waals surface area (Å²) in [7, 11) is 2.24. The fraction of sp³-hybridized carbons (Fsp3) is 0.706. The van der Waals surface area contributed by atoms with E-state index in [9.17, 15) is 0 Å². The molecule has 0 amide bonds. The van der Waals surface area contributed by atoms with Crippen LogP contribution in [0.3, 0.4) is 0 Å². The fourth-order valence-corrected chi connectivity index (χ4v) is 3.11. The molecule has 0 aliphatic heterocycles. The van der Waals surface area contributed by atoms with E-state index in [1.165, 1.54) is 44.2 Å². The highest BCUT2D eigenvalue weighted by Gasteiger charge is 2.15. The minimum atomic E-state index is 0.910. The summed E-state index contributed by atoms with van der Waals surface area (Å²) in [6.45, 7) is 5.43. The molecule has 1 aromatic rings. The lowest BCUT2D eigenvalue weighted by Crippen LogP contribution is -2.26. The molecule has 1 aromatic heterocycles. The zero-order valence-electron chi connectivity index (χ0n) is 13.1. The summed E-state index contributed by atoms with van der Waals surface area (Å²) >= 11 is 0. The zero-order chi connectivity index (χ0) is 14.2.